The van der Waals surface area contributed by atoms with Gasteiger partial charge in [-0.3, -0.25) is 5.41 Å². The molecule has 0 saturated carbocycles. The summed E-state index contributed by atoms with van der Waals surface area (Å²) in [5.41, 5.74) is 5.45. The van der Waals surface area contributed by atoms with Crippen LogP contribution in [-0.2, 0) is 0 Å². The van der Waals surface area contributed by atoms with E-state index >= 15 is 0 Å². The summed E-state index contributed by atoms with van der Waals surface area (Å²) in [6.07, 6.45) is 16.3. The van der Waals surface area contributed by atoms with Crippen LogP contribution < -0.4 is 5.73 Å². The fourth-order valence-corrected chi connectivity index (χ4v) is 2.27. The van der Waals surface area contributed by atoms with Crippen molar-refractivity contribution < 1.29 is 0 Å². The standard InChI is InChI=1S/C16H34N2/c1-3-4-5-6-7-8-9-10-11-12-13-14-15(2)16(17)18/h15H,3-14H2,1-2H3,(H3,17,18). The maximum atomic E-state index is 7.32. The third kappa shape index (κ3) is 11.9. The molecule has 0 amide bonds. The minimum atomic E-state index is 0.281. The molecule has 0 spiro atoms. The molecule has 18 heavy (non-hydrogen) atoms. The Hall–Kier alpha value is -0.530. The molecule has 0 heterocycles. The number of unbranched alkanes of at least 4 members (excludes halogenated alkanes) is 10. The fraction of sp³-hybridized carbons (Fsp3) is 0.938. The van der Waals surface area contributed by atoms with Gasteiger partial charge in [0.05, 0.1) is 5.84 Å². The Bertz CT molecular complexity index is 190. The monoisotopic (exact) mass is 254 g/mol. The average Bonchev–Trinajstić information content (AvgIpc) is 2.35. The van der Waals surface area contributed by atoms with Gasteiger partial charge in [0.2, 0.25) is 0 Å². The Balaban J connectivity index is 3.05. The highest BCUT2D eigenvalue weighted by Gasteiger charge is 2.03. The van der Waals surface area contributed by atoms with Crippen molar-refractivity contribution in [2.45, 2.75) is 90.9 Å². The third-order valence-corrected chi connectivity index (χ3v) is 3.77. The normalized spacial score (nSPS) is 12.6. The average molecular weight is 254 g/mol. The smallest absolute Gasteiger partial charge is 0.0934 e. The van der Waals surface area contributed by atoms with Gasteiger partial charge >= 0.3 is 0 Å². The molecule has 0 bridgehead atoms. The maximum Gasteiger partial charge on any atom is 0.0934 e. The van der Waals surface area contributed by atoms with E-state index in [1.54, 1.807) is 0 Å². The summed E-state index contributed by atoms with van der Waals surface area (Å²) < 4.78 is 0. The van der Waals surface area contributed by atoms with Crippen LogP contribution in [0.1, 0.15) is 90.9 Å². The van der Waals surface area contributed by atoms with Crippen molar-refractivity contribution in [3.05, 3.63) is 0 Å². The second-order valence-corrected chi connectivity index (χ2v) is 5.68. The van der Waals surface area contributed by atoms with E-state index in [-0.39, 0.29) is 5.92 Å². The lowest BCUT2D eigenvalue weighted by molar-refractivity contribution is 0.529. The van der Waals surface area contributed by atoms with Crippen molar-refractivity contribution in [2.24, 2.45) is 11.7 Å². The van der Waals surface area contributed by atoms with Gasteiger partial charge in [-0.05, 0) is 6.42 Å². The molecule has 1 atom stereocenters. The number of hydrogen-bond donors (Lipinski definition) is 2. The lowest BCUT2D eigenvalue weighted by atomic mass is 10.0. The van der Waals surface area contributed by atoms with E-state index in [0.717, 1.165) is 6.42 Å². The summed E-state index contributed by atoms with van der Waals surface area (Å²) in [5.74, 6) is 0.630. The van der Waals surface area contributed by atoms with Crippen LogP contribution in [0.15, 0.2) is 0 Å². The van der Waals surface area contributed by atoms with E-state index < -0.39 is 0 Å². The van der Waals surface area contributed by atoms with Gasteiger partial charge in [-0.1, -0.05) is 84.5 Å². The quantitative estimate of drug-likeness (QED) is 0.263. The molecule has 3 N–H and O–H groups in total. The lowest BCUT2D eigenvalue weighted by Crippen LogP contribution is -2.19. The molecule has 0 aromatic rings. The van der Waals surface area contributed by atoms with Gasteiger partial charge < -0.3 is 5.73 Å². The molecule has 0 aliphatic rings. The predicted octanol–water partition coefficient (Wildman–Crippen LogP) is 5.26. The van der Waals surface area contributed by atoms with Gasteiger partial charge in [0, 0.05) is 5.92 Å². The number of rotatable bonds is 13. The Morgan fingerprint density at radius 1 is 0.833 bits per heavy atom. The van der Waals surface area contributed by atoms with E-state index in [2.05, 4.69) is 13.8 Å². The zero-order chi connectivity index (χ0) is 13.6. The maximum absolute atomic E-state index is 7.32. The Kier molecular flexibility index (Phi) is 12.5. The molecule has 2 nitrogen and oxygen atoms in total. The van der Waals surface area contributed by atoms with Crippen LogP contribution >= 0.6 is 0 Å². The van der Waals surface area contributed by atoms with Gasteiger partial charge in [0.25, 0.3) is 0 Å². The first-order valence-corrected chi connectivity index (χ1v) is 8.02. The summed E-state index contributed by atoms with van der Waals surface area (Å²) in [4.78, 5) is 0. The summed E-state index contributed by atoms with van der Waals surface area (Å²) in [5, 5.41) is 7.32. The Labute approximate surface area is 114 Å². The summed E-state index contributed by atoms with van der Waals surface area (Å²) >= 11 is 0. The van der Waals surface area contributed by atoms with Crippen LogP contribution in [0.2, 0.25) is 0 Å². The zero-order valence-corrected chi connectivity index (χ0v) is 12.6. The molecule has 0 radical (unpaired) electrons. The van der Waals surface area contributed by atoms with Crippen LogP contribution in [0.4, 0.5) is 0 Å². The van der Waals surface area contributed by atoms with Gasteiger partial charge in [-0.15, -0.1) is 0 Å². The molecule has 0 saturated heterocycles. The van der Waals surface area contributed by atoms with E-state index in [4.69, 9.17) is 11.1 Å². The fourth-order valence-electron chi connectivity index (χ4n) is 2.27. The highest BCUT2D eigenvalue weighted by Crippen LogP contribution is 2.13. The van der Waals surface area contributed by atoms with Crippen LogP contribution in [0, 0.1) is 11.3 Å². The van der Waals surface area contributed by atoms with E-state index in [9.17, 15) is 0 Å². The van der Waals surface area contributed by atoms with Gasteiger partial charge in [0.1, 0.15) is 0 Å². The van der Waals surface area contributed by atoms with E-state index in [1.165, 1.54) is 70.6 Å². The number of hydrogen-bond acceptors (Lipinski definition) is 1. The largest absolute Gasteiger partial charge is 0.387 e. The Morgan fingerprint density at radius 3 is 1.61 bits per heavy atom. The first kappa shape index (κ1) is 17.5. The molecule has 0 aliphatic carbocycles. The van der Waals surface area contributed by atoms with Crippen molar-refractivity contribution in [3.63, 3.8) is 0 Å². The van der Waals surface area contributed by atoms with Crippen molar-refractivity contribution >= 4 is 5.84 Å². The number of nitrogens with two attached hydrogens (primary N) is 1. The van der Waals surface area contributed by atoms with Gasteiger partial charge in [-0.2, -0.15) is 0 Å². The molecular formula is C16H34N2. The summed E-state index contributed by atoms with van der Waals surface area (Å²) in [6, 6.07) is 0. The molecule has 2 heteroatoms. The lowest BCUT2D eigenvalue weighted by Gasteiger charge is -2.08. The van der Waals surface area contributed by atoms with Crippen molar-refractivity contribution in [2.75, 3.05) is 0 Å². The van der Waals surface area contributed by atoms with Crippen LogP contribution in [0.3, 0.4) is 0 Å². The zero-order valence-electron chi connectivity index (χ0n) is 12.6. The third-order valence-electron chi connectivity index (χ3n) is 3.77. The first-order valence-electron chi connectivity index (χ1n) is 8.02. The van der Waals surface area contributed by atoms with Crippen LogP contribution in [0.5, 0.6) is 0 Å². The molecule has 0 aromatic heterocycles. The van der Waals surface area contributed by atoms with E-state index in [0.29, 0.717) is 5.84 Å². The van der Waals surface area contributed by atoms with E-state index in [1.807, 2.05) is 0 Å². The summed E-state index contributed by atoms with van der Waals surface area (Å²) in [6.45, 7) is 4.33. The Morgan fingerprint density at radius 2 is 1.22 bits per heavy atom. The molecule has 108 valence electrons. The van der Waals surface area contributed by atoms with Gasteiger partial charge in [-0.25, -0.2) is 0 Å². The topological polar surface area (TPSA) is 49.9 Å². The number of nitrogens with one attached hydrogen (secondary N) is 1. The SMILES string of the molecule is CCCCCCCCCCCCCC(C)C(=N)N. The summed E-state index contributed by atoms with van der Waals surface area (Å²) in [7, 11) is 0. The molecule has 0 rings (SSSR count). The molecule has 0 aliphatic heterocycles. The number of amidine groups is 1. The van der Waals surface area contributed by atoms with Crippen LogP contribution in [0.25, 0.3) is 0 Å². The highest BCUT2D eigenvalue weighted by molar-refractivity contribution is 5.79. The van der Waals surface area contributed by atoms with Gasteiger partial charge in [0.15, 0.2) is 0 Å². The van der Waals surface area contributed by atoms with Crippen molar-refractivity contribution in [1.29, 1.82) is 5.41 Å². The first-order chi connectivity index (χ1) is 8.68. The molecule has 0 fully saturated rings. The molecule has 1 unspecified atom stereocenters. The van der Waals surface area contributed by atoms with Crippen molar-refractivity contribution in [3.8, 4) is 0 Å². The van der Waals surface area contributed by atoms with Crippen LogP contribution in [-0.4, -0.2) is 5.84 Å². The second kappa shape index (κ2) is 12.9. The second-order valence-electron chi connectivity index (χ2n) is 5.68. The predicted molar refractivity (Wildman–Crippen MR) is 82.2 cm³/mol. The minimum Gasteiger partial charge on any atom is -0.387 e. The minimum absolute atomic E-state index is 0.281. The molecular weight excluding hydrogens is 220 g/mol. The molecule has 0 aromatic carbocycles. The van der Waals surface area contributed by atoms with Crippen molar-refractivity contribution in [1.82, 2.24) is 0 Å². The highest BCUT2D eigenvalue weighted by atomic mass is 14.7.